The molecule has 0 saturated carbocycles. The summed E-state index contributed by atoms with van der Waals surface area (Å²) in [6, 6.07) is 1.92. The van der Waals surface area contributed by atoms with Gasteiger partial charge in [-0.2, -0.15) is 5.10 Å². The van der Waals surface area contributed by atoms with Crippen molar-refractivity contribution in [3.8, 4) is 0 Å². The van der Waals surface area contributed by atoms with Crippen molar-refractivity contribution in [2.45, 2.75) is 39.4 Å². The van der Waals surface area contributed by atoms with Gasteiger partial charge in [-0.3, -0.25) is 4.68 Å². The molecule has 1 heterocycles. The van der Waals surface area contributed by atoms with E-state index in [2.05, 4.69) is 5.10 Å². The number of hydrogen-bond donors (Lipinski definition) is 1. The average Bonchev–Trinajstić information content (AvgIpc) is 2.56. The Morgan fingerprint density at radius 3 is 2.67 bits per heavy atom. The minimum Gasteiger partial charge on any atom is -0.384 e. The van der Waals surface area contributed by atoms with Crippen LogP contribution < -0.4 is 0 Å². The fourth-order valence-corrected chi connectivity index (χ4v) is 1.40. The van der Waals surface area contributed by atoms with Crippen LogP contribution in [0.4, 0.5) is 0 Å². The lowest BCUT2D eigenvalue weighted by Crippen LogP contribution is -2.14. The molecule has 1 aromatic heterocycles. The summed E-state index contributed by atoms with van der Waals surface area (Å²) in [5.74, 6) is 0. The van der Waals surface area contributed by atoms with Crippen LogP contribution in [-0.4, -0.2) is 27.6 Å². The number of ether oxygens (including phenoxy) is 1. The van der Waals surface area contributed by atoms with Gasteiger partial charge in [0.15, 0.2) is 0 Å². The fraction of sp³-hybridized carbons (Fsp3) is 0.727. The van der Waals surface area contributed by atoms with Crippen LogP contribution in [0.1, 0.15) is 38.3 Å². The van der Waals surface area contributed by atoms with E-state index in [4.69, 9.17) is 4.74 Å². The first-order chi connectivity index (χ1) is 7.04. The van der Waals surface area contributed by atoms with E-state index < -0.39 is 6.10 Å². The lowest BCUT2D eigenvalue weighted by atomic mass is 10.2. The minimum atomic E-state index is -0.592. The van der Waals surface area contributed by atoms with Gasteiger partial charge in [0.25, 0.3) is 0 Å². The maximum absolute atomic E-state index is 9.87. The monoisotopic (exact) mass is 212 g/mol. The van der Waals surface area contributed by atoms with E-state index in [1.165, 1.54) is 0 Å². The highest BCUT2D eigenvalue weighted by Crippen LogP contribution is 2.14. The van der Waals surface area contributed by atoms with Crippen LogP contribution in [0.25, 0.3) is 0 Å². The zero-order chi connectivity index (χ0) is 11.4. The van der Waals surface area contributed by atoms with Crippen LogP contribution in [0.15, 0.2) is 6.07 Å². The molecule has 0 bridgehead atoms. The van der Waals surface area contributed by atoms with Crippen molar-refractivity contribution in [1.82, 2.24) is 9.78 Å². The lowest BCUT2D eigenvalue weighted by Gasteiger charge is -2.13. The van der Waals surface area contributed by atoms with Crippen molar-refractivity contribution in [3.05, 3.63) is 17.5 Å². The molecular weight excluding hydrogens is 192 g/mol. The molecule has 1 atom stereocenters. The maximum atomic E-state index is 9.87. The van der Waals surface area contributed by atoms with Crippen LogP contribution in [0, 0.1) is 0 Å². The fourth-order valence-electron chi connectivity index (χ4n) is 1.40. The number of aromatic nitrogens is 2. The van der Waals surface area contributed by atoms with Gasteiger partial charge in [-0.15, -0.1) is 0 Å². The van der Waals surface area contributed by atoms with E-state index in [1.807, 2.05) is 33.9 Å². The summed E-state index contributed by atoms with van der Waals surface area (Å²) < 4.78 is 7.08. The largest absolute Gasteiger partial charge is 0.384 e. The van der Waals surface area contributed by atoms with Gasteiger partial charge in [-0.05, 0) is 26.3 Å². The van der Waals surface area contributed by atoms with E-state index in [0.29, 0.717) is 6.61 Å². The molecule has 0 amide bonds. The Morgan fingerprint density at radius 1 is 1.53 bits per heavy atom. The molecule has 0 fully saturated rings. The summed E-state index contributed by atoms with van der Waals surface area (Å²) in [6.07, 6.45) is 0.426. The Kier molecular flexibility index (Phi) is 4.29. The molecule has 0 aliphatic rings. The molecule has 1 aromatic rings. The summed E-state index contributed by atoms with van der Waals surface area (Å²) in [6.45, 7) is 6.27. The third kappa shape index (κ3) is 3.32. The first-order valence-electron chi connectivity index (χ1n) is 5.37. The SMILES string of the molecule is CCc1cc(C(O)COC(C)C)n(C)n1. The van der Waals surface area contributed by atoms with Gasteiger partial charge in [0.2, 0.25) is 0 Å². The van der Waals surface area contributed by atoms with Crippen LogP contribution in [0.5, 0.6) is 0 Å². The summed E-state index contributed by atoms with van der Waals surface area (Å²) in [5, 5.41) is 14.2. The van der Waals surface area contributed by atoms with Gasteiger partial charge in [0.1, 0.15) is 6.10 Å². The Balaban J connectivity index is 2.64. The van der Waals surface area contributed by atoms with Crippen molar-refractivity contribution in [1.29, 1.82) is 0 Å². The maximum Gasteiger partial charge on any atom is 0.119 e. The molecule has 0 saturated heterocycles. The molecule has 0 aliphatic heterocycles. The highest BCUT2D eigenvalue weighted by atomic mass is 16.5. The molecule has 15 heavy (non-hydrogen) atoms. The Morgan fingerprint density at radius 2 is 2.20 bits per heavy atom. The number of rotatable bonds is 5. The van der Waals surface area contributed by atoms with Crippen LogP contribution >= 0.6 is 0 Å². The second kappa shape index (κ2) is 5.28. The molecule has 1 N–H and O–H groups in total. The number of aliphatic hydroxyl groups excluding tert-OH is 1. The first kappa shape index (κ1) is 12.2. The number of aryl methyl sites for hydroxylation is 2. The summed E-state index contributed by atoms with van der Waals surface area (Å²) in [7, 11) is 1.84. The molecule has 4 nitrogen and oxygen atoms in total. The Hall–Kier alpha value is -0.870. The zero-order valence-electron chi connectivity index (χ0n) is 9.90. The molecular formula is C11H20N2O2. The third-order valence-electron chi connectivity index (χ3n) is 2.26. The standard InChI is InChI=1S/C11H20N2O2/c1-5-9-6-10(13(4)12-9)11(14)7-15-8(2)3/h6,8,11,14H,5,7H2,1-4H3. The normalized spacial score (nSPS) is 13.5. The van der Waals surface area contributed by atoms with Gasteiger partial charge < -0.3 is 9.84 Å². The summed E-state index contributed by atoms with van der Waals surface area (Å²) in [5.41, 5.74) is 1.81. The number of nitrogens with zero attached hydrogens (tertiary/aromatic N) is 2. The first-order valence-corrected chi connectivity index (χ1v) is 5.37. The third-order valence-corrected chi connectivity index (χ3v) is 2.26. The quantitative estimate of drug-likeness (QED) is 0.803. The topological polar surface area (TPSA) is 47.3 Å². The zero-order valence-corrected chi connectivity index (χ0v) is 9.90. The Labute approximate surface area is 90.9 Å². The highest BCUT2D eigenvalue weighted by molar-refractivity contribution is 5.12. The Bertz CT molecular complexity index is 308. The predicted molar refractivity (Wildman–Crippen MR) is 58.6 cm³/mol. The molecule has 0 aliphatic carbocycles. The lowest BCUT2D eigenvalue weighted by molar-refractivity contribution is 0.00184. The molecule has 0 radical (unpaired) electrons. The summed E-state index contributed by atoms with van der Waals surface area (Å²) >= 11 is 0. The van der Waals surface area contributed by atoms with Crippen LogP contribution in [0.3, 0.4) is 0 Å². The van der Waals surface area contributed by atoms with E-state index in [9.17, 15) is 5.11 Å². The van der Waals surface area contributed by atoms with Gasteiger partial charge in [-0.25, -0.2) is 0 Å². The van der Waals surface area contributed by atoms with E-state index in [-0.39, 0.29) is 6.10 Å². The van der Waals surface area contributed by atoms with E-state index >= 15 is 0 Å². The molecule has 86 valence electrons. The smallest absolute Gasteiger partial charge is 0.119 e. The highest BCUT2D eigenvalue weighted by Gasteiger charge is 2.14. The molecule has 4 heteroatoms. The van der Waals surface area contributed by atoms with E-state index in [1.54, 1.807) is 4.68 Å². The van der Waals surface area contributed by atoms with Crippen molar-refractivity contribution in [3.63, 3.8) is 0 Å². The van der Waals surface area contributed by atoms with Gasteiger partial charge in [-0.1, -0.05) is 6.92 Å². The van der Waals surface area contributed by atoms with Crippen molar-refractivity contribution < 1.29 is 9.84 Å². The summed E-state index contributed by atoms with van der Waals surface area (Å²) in [4.78, 5) is 0. The average molecular weight is 212 g/mol. The van der Waals surface area contributed by atoms with E-state index in [0.717, 1.165) is 17.8 Å². The number of hydrogen-bond acceptors (Lipinski definition) is 3. The second-order valence-electron chi connectivity index (χ2n) is 3.94. The predicted octanol–water partition coefficient (Wildman–Crippen LogP) is 1.44. The number of aliphatic hydroxyl groups is 1. The second-order valence-corrected chi connectivity index (χ2v) is 3.94. The van der Waals surface area contributed by atoms with Crippen molar-refractivity contribution in [2.75, 3.05) is 6.61 Å². The molecule has 0 aromatic carbocycles. The van der Waals surface area contributed by atoms with Gasteiger partial charge >= 0.3 is 0 Å². The van der Waals surface area contributed by atoms with Crippen LogP contribution in [-0.2, 0) is 18.2 Å². The van der Waals surface area contributed by atoms with Gasteiger partial charge in [0.05, 0.1) is 24.1 Å². The molecule has 1 unspecified atom stereocenters. The van der Waals surface area contributed by atoms with Gasteiger partial charge in [0, 0.05) is 7.05 Å². The van der Waals surface area contributed by atoms with Crippen molar-refractivity contribution >= 4 is 0 Å². The van der Waals surface area contributed by atoms with Crippen LogP contribution in [0.2, 0.25) is 0 Å². The molecule has 1 rings (SSSR count). The minimum absolute atomic E-state index is 0.138. The molecule has 0 spiro atoms. The van der Waals surface area contributed by atoms with Crippen molar-refractivity contribution in [2.24, 2.45) is 7.05 Å².